The molecule has 1 amide bonds. The molecule has 0 aliphatic heterocycles. The highest BCUT2D eigenvalue weighted by Crippen LogP contribution is 2.31. The number of anilines is 2. The van der Waals surface area contributed by atoms with E-state index in [0.717, 1.165) is 18.4 Å². The first-order chi connectivity index (χ1) is 10.5. The Morgan fingerprint density at radius 3 is 2.73 bits per heavy atom. The molecule has 6 nitrogen and oxygen atoms in total. The fourth-order valence-electron chi connectivity index (χ4n) is 1.83. The lowest BCUT2D eigenvalue weighted by atomic mass is 10.1. The molecule has 1 aliphatic carbocycles. The van der Waals surface area contributed by atoms with Gasteiger partial charge in [0.25, 0.3) is 0 Å². The lowest BCUT2D eigenvalue weighted by Gasteiger charge is -2.10. The van der Waals surface area contributed by atoms with Crippen LogP contribution in [0.4, 0.5) is 11.4 Å². The van der Waals surface area contributed by atoms with Crippen LogP contribution in [0.3, 0.4) is 0 Å². The molecule has 0 unspecified atom stereocenters. The van der Waals surface area contributed by atoms with Crippen LogP contribution in [0, 0.1) is 24.2 Å². The molecule has 0 heterocycles. The Morgan fingerprint density at radius 1 is 1.41 bits per heavy atom. The number of ether oxygens (including phenoxy) is 1. The van der Waals surface area contributed by atoms with E-state index in [1.54, 1.807) is 18.2 Å². The van der Waals surface area contributed by atoms with E-state index < -0.39 is 5.97 Å². The van der Waals surface area contributed by atoms with E-state index in [-0.39, 0.29) is 17.4 Å². The highest BCUT2D eigenvalue weighted by atomic mass is 16.5. The van der Waals surface area contributed by atoms with Gasteiger partial charge in [-0.25, -0.2) is 4.79 Å². The lowest BCUT2D eigenvalue weighted by molar-refractivity contribution is -0.135. The molecule has 0 atom stereocenters. The smallest absolute Gasteiger partial charge is 0.350 e. The summed E-state index contributed by atoms with van der Waals surface area (Å²) in [5.41, 5.74) is 2.18. The highest BCUT2D eigenvalue weighted by molar-refractivity contribution is 5.95. The van der Waals surface area contributed by atoms with E-state index in [1.165, 1.54) is 13.3 Å². The molecule has 1 fully saturated rings. The second-order valence-electron chi connectivity index (χ2n) is 5.10. The Labute approximate surface area is 128 Å². The van der Waals surface area contributed by atoms with Gasteiger partial charge in [0.05, 0.1) is 7.11 Å². The standard InChI is InChI=1S/C16H17N3O3/c1-10-3-6-13(18-9-12(8-17)16(21)22-2)7-14(10)19-15(20)11-4-5-11/h3,6-7,9,11,18H,4-5H2,1-2H3,(H,19,20)/b12-9-. The van der Waals surface area contributed by atoms with Crippen molar-refractivity contribution in [2.24, 2.45) is 5.92 Å². The summed E-state index contributed by atoms with van der Waals surface area (Å²) in [5, 5.41) is 14.6. The monoisotopic (exact) mass is 299 g/mol. The topological polar surface area (TPSA) is 91.2 Å². The Balaban J connectivity index is 2.11. The Morgan fingerprint density at radius 2 is 2.14 bits per heavy atom. The van der Waals surface area contributed by atoms with E-state index in [0.29, 0.717) is 11.4 Å². The molecular weight excluding hydrogens is 282 g/mol. The van der Waals surface area contributed by atoms with Crippen LogP contribution < -0.4 is 10.6 Å². The molecule has 0 radical (unpaired) electrons. The van der Waals surface area contributed by atoms with Crippen molar-refractivity contribution in [1.82, 2.24) is 0 Å². The summed E-state index contributed by atoms with van der Waals surface area (Å²) in [6.45, 7) is 1.90. The number of carbonyl (C=O) groups excluding carboxylic acids is 2. The SMILES string of the molecule is COC(=O)/C(C#N)=C\Nc1ccc(C)c(NC(=O)C2CC2)c1. The largest absolute Gasteiger partial charge is 0.465 e. The maximum absolute atomic E-state index is 11.8. The first-order valence-electron chi connectivity index (χ1n) is 6.91. The molecule has 0 aromatic heterocycles. The van der Waals surface area contributed by atoms with Crippen LogP contribution in [0.1, 0.15) is 18.4 Å². The number of nitrogens with zero attached hydrogens (tertiary/aromatic N) is 1. The summed E-state index contributed by atoms with van der Waals surface area (Å²) in [6, 6.07) is 7.17. The number of hydrogen-bond acceptors (Lipinski definition) is 5. The van der Waals surface area contributed by atoms with E-state index in [1.807, 2.05) is 13.0 Å². The number of nitrogens with one attached hydrogen (secondary N) is 2. The minimum Gasteiger partial charge on any atom is -0.465 e. The predicted molar refractivity (Wildman–Crippen MR) is 81.9 cm³/mol. The maximum Gasteiger partial charge on any atom is 0.350 e. The van der Waals surface area contributed by atoms with E-state index >= 15 is 0 Å². The van der Waals surface area contributed by atoms with Crippen molar-refractivity contribution < 1.29 is 14.3 Å². The van der Waals surface area contributed by atoms with Crippen LogP contribution in [-0.2, 0) is 14.3 Å². The summed E-state index contributed by atoms with van der Waals surface area (Å²) in [7, 11) is 1.21. The van der Waals surface area contributed by atoms with Crippen molar-refractivity contribution >= 4 is 23.3 Å². The molecule has 1 saturated carbocycles. The normalized spacial score (nSPS) is 14.0. The second-order valence-corrected chi connectivity index (χ2v) is 5.10. The number of esters is 1. The molecular formula is C16H17N3O3. The molecule has 0 bridgehead atoms. The van der Waals surface area contributed by atoms with Crippen LogP contribution >= 0.6 is 0 Å². The predicted octanol–water partition coefficient (Wildman–Crippen LogP) is 2.34. The van der Waals surface area contributed by atoms with Gasteiger partial charge in [-0.15, -0.1) is 0 Å². The Kier molecular flexibility index (Phi) is 4.79. The zero-order chi connectivity index (χ0) is 16.1. The van der Waals surface area contributed by atoms with Gasteiger partial charge in [0, 0.05) is 23.5 Å². The molecule has 114 valence electrons. The number of carbonyl (C=O) groups is 2. The van der Waals surface area contributed by atoms with Crippen molar-refractivity contribution in [3.05, 3.63) is 35.5 Å². The van der Waals surface area contributed by atoms with Crippen LogP contribution in [-0.4, -0.2) is 19.0 Å². The molecule has 1 aromatic carbocycles. The molecule has 2 N–H and O–H groups in total. The van der Waals surface area contributed by atoms with Crippen molar-refractivity contribution in [2.75, 3.05) is 17.7 Å². The van der Waals surface area contributed by atoms with Gasteiger partial charge < -0.3 is 15.4 Å². The minimum absolute atomic E-state index is 0.0306. The molecule has 0 saturated heterocycles. The fourth-order valence-corrected chi connectivity index (χ4v) is 1.83. The minimum atomic E-state index is -0.704. The van der Waals surface area contributed by atoms with E-state index in [4.69, 9.17) is 5.26 Å². The zero-order valence-electron chi connectivity index (χ0n) is 12.5. The number of nitriles is 1. The third-order valence-corrected chi connectivity index (χ3v) is 3.35. The fraction of sp³-hybridized carbons (Fsp3) is 0.312. The van der Waals surface area contributed by atoms with Gasteiger partial charge in [-0.2, -0.15) is 5.26 Å². The first kappa shape index (κ1) is 15.6. The van der Waals surface area contributed by atoms with Crippen molar-refractivity contribution in [2.45, 2.75) is 19.8 Å². The third-order valence-electron chi connectivity index (χ3n) is 3.35. The van der Waals surface area contributed by atoms with Gasteiger partial charge in [0.1, 0.15) is 6.07 Å². The van der Waals surface area contributed by atoms with Crippen LogP contribution in [0.25, 0.3) is 0 Å². The number of methoxy groups -OCH3 is 1. The number of aryl methyl sites for hydroxylation is 1. The summed E-state index contributed by atoms with van der Waals surface area (Å²) < 4.78 is 4.49. The van der Waals surface area contributed by atoms with Gasteiger partial charge in [0.15, 0.2) is 5.57 Å². The Bertz CT molecular complexity index is 670. The second kappa shape index (κ2) is 6.76. The first-order valence-corrected chi connectivity index (χ1v) is 6.91. The van der Waals surface area contributed by atoms with Crippen LogP contribution in [0.15, 0.2) is 30.0 Å². The summed E-state index contributed by atoms with van der Waals surface area (Å²) in [6.07, 6.45) is 3.16. The van der Waals surface area contributed by atoms with Gasteiger partial charge in [-0.1, -0.05) is 6.07 Å². The third kappa shape index (κ3) is 3.85. The van der Waals surface area contributed by atoms with Gasteiger partial charge in [0.2, 0.25) is 5.91 Å². The van der Waals surface area contributed by atoms with Gasteiger partial charge >= 0.3 is 5.97 Å². The van der Waals surface area contributed by atoms with Gasteiger partial charge in [-0.05, 0) is 37.5 Å². The number of rotatable bonds is 5. The maximum atomic E-state index is 11.8. The Hall–Kier alpha value is -2.81. The van der Waals surface area contributed by atoms with Crippen molar-refractivity contribution in [1.29, 1.82) is 5.26 Å². The molecule has 1 aliphatic rings. The summed E-state index contributed by atoms with van der Waals surface area (Å²) in [5.74, 6) is -0.548. The van der Waals surface area contributed by atoms with Crippen LogP contribution in [0.2, 0.25) is 0 Å². The van der Waals surface area contributed by atoms with Crippen molar-refractivity contribution in [3.8, 4) is 6.07 Å². The summed E-state index contributed by atoms with van der Waals surface area (Å²) in [4.78, 5) is 23.1. The lowest BCUT2D eigenvalue weighted by Crippen LogP contribution is -2.14. The molecule has 2 rings (SSSR count). The molecule has 0 spiro atoms. The average Bonchev–Trinajstić information content (AvgIpc) is 3.35. The quantitative estimate of drug-likeness (QED) is 0.494. The molecule has 1 aromatic rings. The van der Waals surface area contributed by atoms with Crippen LogP contribution in [0.5, 0.6) is 0 Å². The molecule has 22 heavy (non-hydrogen) atoms. The zero-order valence-corrected chi connectivity index (χ0v) is 12.5. The van der Waals surface area contributed by atoms with Crippen molar-refractivity contribution in [3.63, 3.8) is 0 Å². The average molecular weight is 299 g/mol. The van der Waals surface area contributed by atoms with E-state index in [9.17, 15) is 9.59 Å². The number of hydrogen-bond donors (Lipinski definition) is 2. The van der Waals surface area contributed by atoms with E-state index in [2.05, 4.69) is 15.4 Å². The highest BCUT2D eigenvalue weighted by Gasteiger charge is 2.29. The summed E-state index contributed by atoms with van der Waals surface area (Å²) >= 11 is 0. The molecule has 6 heteroatoms. The van der Waals surface area contributed by atoms with Gasteiger partial charge in [-0.3, -0.25) is 4.79 Å². The number of amides is 1. The number of benzene rings is 1.